The standard InChI is InChI=1S/C8H12N2O4/c1-4-14-7(11)5-6(2)9-10-8(12)13-3/h5H,4H2,1-3H3/b6-5+,10-9?. The van der Waals surface area contributed by atoms with Crippen LogP contribution in [-0.4, -0.2) is 25.8 Å². The van der Waals surface area contributed by atoms with Crippen molar-refractivity contribution in [3.63, 3.8) is 0 Å². The fourth-order valence-corrected chi connectivity index (χ4v) is 0.544. The molecule has 0 saturated heterocycles. The van der Waals surface area contributed by atoms with E-state index in [9.17, 15) is 9.59 Å². The number of methoxy groups -OCH3 is 1. The lowest BCUT2D eigenvalue weighted by Gasteiger charge is -1.95. The molecule has 0 radical (unpaired) electrons. The summed E-state index contributed by atoms with van der Waals surface area (Å²) in [5.41, 5.74) is 0.272. The number of nitrogens with zero attached hydrogens (tertiary/aromatic N) is 2. The van der Waals surface area contributed by atoms with E-state index in [1.807, 2.05) is 0 Å². The van der Waals surface area contributed by atoms with Crippen LogP contribution in [-0.2, 0) is 14.3 Å². The molecule has 0 aliphatic carbocycles. The van der Waals surface area contributed by atoms with Crippen LogP contribution in [0, 0.1) is 0 Å². The van der Waals surface area contributed by atoms with Crippen LogP contribution in [0.15, 0.2) is 22.0 Å². The molecule has 78 valence electrons. The molecule has 0 aliphatic heterocycles. The summed E-state index contributed by atoms with van der Waals surface area (Å²) in [6, 6.07) is 0. The van der Waals surface area contributed by atoms with Crippen molar-refractivity contribution in [3.05, 3.63) is 11.8 Å². The van der Waals surface area contributed by atoms with Crippen LogP contribution >= 0.6 is 0 Å². The monoisotopic (exact) mass is 200 g/mol. The Bertz CT molecular complexity index is 271. The number of rotatable bonds is 3. The predicted octanol–water partition coefficient (Wildman–Crippen LogP) is 1.67. The Balaban J connectivity index is 4.18. The van der Waals surface area contributed by atoms with Crippen LogP contribution in [0.25, 0.3) is 0 Å². The molecule has 0 N–H and O–H groups in total. The van der Waals surface area contributed by atoms with E-state index in [2.05, 4.69) is 19.7 Å². The van der Waals surface area contributed by atoms with Crippen molar-refractivity contribution >= 4 is 12.1 Å². The fourth-order valence-electron chi connectivity index (χ4n) is 0.544. The van der Waals surface area contributed by atoms with Crippen molar-refractivity contribution in [3.8, 4) is 0 Å². The van der Waals surface area contributed by atoms with Gasteiger partial charge in [0.2, 0.25) is 0 Å². The minimum atomic E-state index is -0.818. The second-order valence-electron chi connectivity index (χ2n) is 2.21. The highest BCUT2D eigenvalue weighted by Crippen LogP contribution is 1.97. The van der Waals surface area contributed by atoms with E-state index in [1.54, 1.807) is 6.92 Å². The highest BCUT2D eigenvalue weighted by atomic mass is 16.5. The van der Waals surface area contributed by atoms with Gasteiger partial charge >= 0.3 is 12.1 Å². The molecule has 0 aliphatic rings. The van der Waals surface area contributed by atoms with E-state index in [1.165, 1.54) is 14.0 Å². The fraction of sp³-hybridized carbons (Fsp3) is 0.500. The van der Waals surface area contributed by atoms with Crippen LogP contribution in [0.1, 0.15) is 13.8 Å². The van der Waals surface area contributed by atoms with Crippen LogP contribution in [0.5, 0.6) is 0 Å². The lowest BCUT2D eigenvalue weighted by molar-refractivity contribution is -0.137. The van der Waals surface area contributed by atoms with Gasteiger partial charge in [0, 0.05) is 6.08 Å². The van der Waals surface area contributed by atoms with Gasteiger partial charge in [-0.1, -0.05) is 5.11 Å². The van der Waals surface area contributed by atoms with Gasteiger partial charge in [-0.2, -0.15) is 0 Å². The van der Waals surface area contributed by atoms with E-state index < -0.39 is 12.1 Å². The lowest BCUT2D eigenvalue weighted by Crippen LogP contribution is -1.99. The highest BCUT2D eigenvalue weighted by molar-refractivity contribution is 5.82. The molecule has 0 aromatic rings. The van der Waals surface area contributed by atoms with Gasteiger partial charge in [-0.15, -0.1) is 5.11 Å². The number of esters is 1. The van der Waals surface area contributed by atoms with Gasteiger partial charge in [-0.25, -0.2) is 9.59 Å². The van der Waals surface area contributed by atoms with Gasteiger partial charge in [0.25, 0.3) is 0 Å². The molecule has 1 amide bonds. The van der Waals surface area contributed by atoms with E-state index in [0.29, 0.717) is 0 Å². The Labute approximate surface area is 81.6 Å². The molecular formula is C8H12N2O4. The lowest BCUT2D eigenvalue weighted by atomic mass is 10.4. The summed E-state index contributed by atoms with van der Waals surface area (Å²) >= 11 is 0. The molecule has 0 aromatic carbocycles. The first-order valence-corrected chi connectivity index (χ1v) is 3.95. The second-order valence-corrected chi connectivity index (χ2v) is 2.21. The Hall–Kier alpha value is -1.72. The van der Waals surface area contributed by atoms with Crippen LogP contribution in [0.3, 0.4) is 0 Å². The molecule has 0 saturated carbocycles. The number of hydrogen-bond acceptors (Lipinski definition) is 5. The molecule has 0 unspecified atom stereocenters. The number of carbonyl (C=O) groups excluding carboxylic acids is 2. The summed E-state index contributed by atoms with van der Waals surface area (Å²) in [6.45, 7) is 3.50. The number of carbonyl (C=O) groups is 2. The highest BCUT2D eigenvalue weighted by Gasteiger charge is 1.98. The molecule has 6 nitrogen and oxygen atoms in total. The first-order chi connectivity index (χ1) is 6.60. The number of amides is 1. The maximum atomic E-state index is 10.9. The van der Waals surface area contributed by atoms with Crippen molar-refractivity contribution in [1.29, 1.82) is 0 Å². The Kier molecular flexibility index (Phi) is 5.93. The molecule has 0 aromatic heterocycles. The molecule has 0 fully saturated rings. The predicted molar refractivity (Wildman–Crippen MR) is 47.7 cm³/mol. The zero-order valence-corrected chi connectivity index (χ0v) is 8.31. The summed E-state index contributed by atoms with van der Waals surface area (Å²) in [5.74, 6) is -0.520. The van der Waals surface area contributed by atoms with Crippen molar-refractivity contribution in [2.45, 2.75) is 13.8 Å². The number of allylic oxidation sites excluding steroid dienone is 1. The normalized spacial score (nSPS) is 11.5. The average molecular weight is 200 g/mol. The van der Waals surface area contributed by atoms with Gasteiger partial charge in [-0.3, -0.25) is 0 Å². The molecule has 0 heterocycles. The number of hydrogen-bond donors (Lipinski definition) is 0. The largest absolute Gasteiger partial charge is 0.463 e. The molecule has 0 bridgehead atoms. The van der Waals surface area contributed by atoms with E-state index in [-0.39, 0.29) is 12.3 Å². The molecule has 0 spiro atoms. The third kappa shape index (κ3) is 5.87. The molecule has 6 heteroatoms. The van der Waals surface area contributed by atoms with Gasteiger partial charge in [-0.05, 0) is 13.8 Å². The quantitative estimate of drug-likeness (QED) is 0.394. The number of azo groups is 1. The Morgan fingerprint density at radius 1 is 1.36 bits per heavy atom. The zero-order chi connectivity index (χ0) is 11.0. The molecule has 0 rings (SSSR count). The summed E-state index contributed by atoms with van der Waals surface area (Å²) < 4.78 is 8.82. The van der Waals surface area contributed by atoms with Gasteiger partial charge < -0.3 is 9.47 Å². The molecular weight excluding hydrogens is 188 g/mol. The molecule has 0 atom stereocenters. The van der Waals surface area contributed by atoms with Gasteiger partial charge in [0.05, 0.1) is 19.4 Å². The second kappa shape index (κ2) is 6.76. The maximum absolute atomic E-state index is 10.9. The van der Waals surface area contributed by atoms with Crippen molar-refractivity contribution in [2.24, 2.45) is 10.2 Å². The Morgan fingerprint density at radius 3 is 2.50 bits per heavy atom. The van der Waals surface area contributed by atoms with E-state index >= 15 is 0 Å². The SMILES string of the molecule is CCOC(=O)/C=C(\C)N=NC(=O)OC. The van der Waals surface area contributed by atoms with Crippen LogP contribution in [0.4, 0.5) is 4.79 Å². The summed E-state index contributed by atoms with van der Waals surface area (Å²) in [5, 5.41) is 6.57. The number of ether oxygens (including phenoxy) is 2. The first kappa shape index (κ1) is 12.3. The maximum Gasteiger partial charge on any atom is 0.452 e. The third-order valence-corrected chi connectivity index (χ3v) is 1.08. The minimum Gasteiger partial charge on any atom is -0.463 e. The van der Waals surface area contributed by atoms with Crippen molar-refractivity contribution in [1.82, 2.24) is 0 Å². The molecule has 14 heavy (non-hydrogen) atoms. The van der Waals surface area contributed by atoms with Crippen molar-refractivity contribution < 1.29 is 19.1 Å². The summed E-state index contributed by atoms with van der Waals surface area (Å²) in [7, 11) is 1.19. The topological polar surface area (TPSA) is 77.3 Å². The third-order valence-electron chi connectivity index (χ3n) is 1.08. The summed E-state index contributed by atoms with van der Waals surface area (Å²) in [6.07, 6.45) is 0.317. The minimum absolute atomic E-state index is 0.272. The van der Waals surface area contributed by atoms with Gasteiger partial charge in [0.1, 0.15) is 0 Å². The smallest absolute Gasteiger partial charge is 0.452 e. The van der Waals surface area contributed by atoms with E-state index in [0.717, 1.165) is 6.08 Å². The Morgan fingerprint density at radius 2 is 2.00 bits per heavy atom. The summed E-state index contributed by atoms with van der Waals surface area (Å²) in [4.78, 5) is 21.4. The van der Waals surface area contributed by atoms with E-state index in [4.69, 9.17) is 0 Å². The zero-order valence-electron chi connectivity index (χ0n) is 8.31. The van der Waals surface area contributed by atoms with Gasteiger partial charge in [0.15, 0.2) is 0 Å². The average Bonchev–Trinajstić information content (AvgIpc) is 2.14. The van der Waals surface area contributed by atoms with Crippen LogP contribution in [0.2, 0.25) is 0 Å². The first-order valence-electron chi connectivity index (χ1n) is 3.95. The van der Waals surface area contributed by atoms with Crippen molar-refractivity contribution in [2.75, 3.05) is 13.7 Å². The van der Waals surface area contributed by atoms with Crippen LogP contribution < -0.4 is 0 Å².